The molecule has 1 aromatic carbocycles. The van der Waals surface area contributed by atoms with Crippen molar-refractivity contribution in [3.05, 3.63) is 56.7 Å². The second-order valence-electron chi connectivity index (χ2n) is 7.52. The summed E-state index contributed by atoms with van der Waals surface area (Å²) in [6, 6.07) is 6.96. The third-order valence-electron chi connectivity index (χ3n) is 4.63. The van der Waals surface area contributed by atoms with Crippen molar-refractivity contribution in [1.29, 1.82) is 0 Å². The second-order valence-corrected chi connectivity index (χ2v) is 9.19. The Bertz CT molecular complexity index is 1110. The van der Waals surface area contributed by atoms with Gasteiger partial charge in [0, 0.05) is 12.1 Å². The maximum atomic E-state index is 12.9. The summed E-state index contributed by atoms with van der Waals surface area (Å²) in [4.78, 5) is 36.8. The molecule has 2 aromatic rings. The standard InChI is InChI=1S/C21H20N2O6S2/c1-11(2)8-16(20(25)26)22-19(24)18(31-21(22)30)10-13-5-7-17(29-13)14-6-4-12(3)9-15(14)23(27)28/h4-7,9-11,16H,8H2,1-3H3,(H,25,26)/b18-10+. The maximum Gasteiger partial charge on any atom is 0.326 e. The van der Waals surface area contributed by atoms with Gasteiger partial charge in [0.1, 0.15) is 21.9 Å². The molecule has 0 radical (unpaired) electrons. The lowest BCUT2D eigenvalue weighted by molar-refractivity contribution is -0.384. The quantitative estimate of drug-likeness (QED) is 0.270. The fraction of sp³-hybridized carbons (Fsp3) is 0.286. The fourth-order valence-electron chi connectivity index (χ4n) is 3.22. The summed E-state index contributed by atoms with van der Waals surface area (Å²) in [5.41, 5.74) is 0.996. The number of aryl methyl sites for hydroxylation is 1. The predicted molar refractivity (Wildman–Crippen MR) is 121 cm³/mol. The molecule has 162 valence electrons. The van der Waals surface area contributed by atoms with Crippen molar-refractivity contribution in [1.82, 2.24) is 4.90 Å². The lowest BCUT2D eigenvalue weighted by Gasteiger charge is -2.24. The van der Waals surface area contributed by atoms with Crippen molar-refractivity contribution in [2.75, 3.05) is 0 Å². The lowest BCUT2D eigenvalue weighted by Crippen LogP contribution is -2.44. The van der Waals surface area contributed by atoms with Crippen LogP contribution in [0.15, 0.2) is 39.7 Å². The highest BCUT2D eigenvalue weighted by Crippen LogP contribution is 2.37. The number of carboxylic acids is 1. The van der Waals surface area contributed by atoms with E-state index in [9.17, 15) is 24.8 Å². The number of carbonyl (C=O) groups is 2. The summed E-state index contributed by atoms with van der Waals surface area (Å²) >= 11 is 6.26. The summed E-state index contributed by atoms with van der Waals surface area (Å²) in [5.74, 6) is -0.953. The first-order chi connectivity index (χ1) is 14.6. The zero-order valence-corrected chi connectivity index (χ0v) is 18.7. The number of hydrogen-bond donors (Lipinski definition) is 1. The molecule has 1 aliphatic heterocycles. The molecule has 0 saturated carbocycles. The third-order valence-corrected chi connectivity index (χ3v) is 5.96. The van der Waals surface area contributed by atoms with Crippen LogP contribution in [0.1, 0.15) is 31.6 Å². The molecule has 3 rings (SSSR count). The van der Waals surface area contributed by atoms with Crippen LogP contribution in [0.5, 0.6) is 0 Å². The fourth-order valence-corrected chi connectivity index (χ4v) is 4.55. The van der Waals surface area contributed by atoms with Crippen LogP contribution >= 0.6 is 24.0 Å². The van der Waals surface area contributed by atoms with Gasteiger partial charge in [0.15, 0.2) is 0 Å². The number of amides is 1. The lowest BCUT2D eigenvalue weighted by atomic mass is 10.0. The van der Waals surface area contributed by atoms with Crippen LogP contribution in [0, 0.1) is 23.0 Å². The van der Waals surface area contributed by atoms with E-state index in [-0.39, 0.29) is 33.0 Å². The van der Waals surface area contributed by atoms with Gasteiger partial charge in [0.2, 0.25) is 0 Å². The van der Waals surface area contributed by atoms with Gasteiger partial charge in [0.25, 0.3) is 11.6 Å². The Morgan fingerprint density at radius 2 is 2.06 bits per heavy atom. The first-order valence-electron chi connectivity index (χ1n) is 9.43. The van der Waals surface area contributed by atoms with Crippen molar-refractivity contribution in [3.8, 4) is 11.3 Å². The summed E-state index contributed by atoms with van der Waals surface area (Å²) in [7, 11) is 0. The highest BCUT2D eigenvalue weighted by Gasteiger charge is 2.40. The Labute approximate surface area is 188 Å². The van der Waals surface area contributed by atoms with Gasteiger partial charge < -0.3 is 9.52 Å². The number of thiocarbonyl (C=S) groups is 1. The summed E-state index contributed by atoms with van der Waals surface area (Å²) in [6.07, 6.45) is 1.74. The number of rotatable bonds is 7. The summed E-state index contributed by atoms with van der Waals surface area (Å²) in [6.45, 7) is 5.51. The Balaban J connectivity index is 1.90. The monoisotopic (exact) mass is 460 g/mol. The van der Waals surface area contributed by atoms with Crippen molar-refractivity contribution in [2.45, 2.75) is 33.2 Å². The van der Waals surface area contributed by atoms with Crippen LogP contribution in [-0.2, 0) is 9.59 Å². The Morgan fingerprint density at radius 1 is 1.35 bits per heavy atom. The van der Waals surface area contributed by atoms with Gasteiger partial charge in [0.05, 0.1) is 15.4 Å². The number of nitro groups is 1. The molecule has 1 unspecified atom stereocenters. The number of furan rings is 1. The highest BCUT2D eigenvalue weighted by atomic mass is 32.2. The van der Waals surface area contributed by atoms with E-state index in [1.165, 1.54) is 12.1 Å². The van der Waals surface area contributed by atoms with Gasteiger partial charge in [-0.3, -0.25) is 19.8 Å². The number of nitro benzene ring substituents is 1. The number of carboxylic acid groups (broad SMARTS) is 1. The van der Waals surface area contributed by atoms with Crippen LogP contribution in [0.3, 0.4) is 0 Å². The van der Waals surface area contributed by atoms with Crippen LogP contribution < -0.4 is 0 Å². The number of hydrogen-bond acceptors (Lipinski definition) is 7. The number of thioether (sulfide) groups is 1. The molecule has 1 atom stereocenters. The summed E-state index contributed by atoms with van der Waals surface area (Å²) < 4.78 is 5.90. The average Bonchev–Trinajstić information content (AvgIpc) is 3.24. The van der Waals surface area contributed by atoms with E-state index in [2.05, 4.69) is 0 Å². The highest BCUT2D eigenvalue weighted by molar-refractivity contribution is 8.26. The molecule has 0 aliphatic carbocycles. The topological polar surface area (TPSA) is 114 Å². The number of benzene rings is 1. The molecular formula is C21H20N2O6S2. The van der Waals surface area contributed by atoms with Crippen molar-refractivity contribution in [3.63, 3.8) is 0 Å². The van der Waals surface area contributed by atoms with E-state index in [0.29, 0.717) is 11.3 Å². The second kappa shape index (κ2) is 9.03. The molecule has 1 N–H and O–H groups in total. The summed E-state index contributed by atoms with van der Waals surface area (Å²) in [5, 5.41) is 20.9. The van der Waals surface area contributed by atoms with Crippen molar-refractivity contribution >= 4 is 51.9 Å². The van der Waals surface area contributed by atoms with E-state index in [1.807, 2.05) is 13.8 Å². The molecule has 1 fully saturated rings. The van der Waals surface area contributed by atoms with Crippen molar-refractivity contribution in [2.24, 2.45) is 5.92 Å². The molecule has 10 heteroatoms. The van der Waals surface area contributed by atoms with Gasteiger partial charge in [-0.2, -0.15) is 0 Å². The molecule has 2 heterocycles. The van der Waals surface area contributed by atoms with E-state index >= 15 is 0 Å². The van der Waals surface area contributed by atoms with Crippen LogP contribution in [0.2, 0.25) is 0 Å². The number of aliphatic carboxylic acids is 1. The molecule has 31 heavy (non-hydrogen) atoms. The zero-order chi connectivity index (χ0) is 22.9. The van der Waals surface area contributed by atoms with E-state index in [4.69, 9.17) is 16.6 Å². The largest absolute Gasteiger partial charge is 0.480 e. The molecule has 1 aliphatic rings. The predicted octanol–water partition coefficient (Wildman–Crippen LogP) is 4.86. The van der Waals surface area contributed by atoms with Gasteiger partial charge in [-0.25, -0.2) is 4.79 Å². The smallest absolute Gasteiger partial charge is 0.326 e. The minimum Gasteiger partial charge on any atom is -0.480 e. The third kappa shape index (κ3) is 4.86. The number of nitrogens with zero attached hydrogens (tertiary/aromatic N) is 2. The molecule has 0 spiro atoms. The first kappa shape index (κ1) is 22.7. The van der Waals surface area contributed by atoms with Gasteiger partial charge in [-0.15, -0.1) is 0 Å². The Kier molecular flexibility index (Phi) is 6.61. The molecule has 1 aromatic heterocycles. The Hall–Kier alpha value is -2.98. The van der Waals surface area contributed by atoms with E-state index in [0.717, 1.165) is 22.2 Å². The van der Waals surface area contributed by atoms with Crippen molar-refractivity contribution < 1.29 is 24.0 Å². The molecule has 8 nitrogen and oxygen atoms in total. The molecule has 1 saturated heterocycles. The molecule has 0 bridgehead atoms. The normalized spacial score (nSPS) is 16.4. The van der Waals surface area contributed by atoms with Gasteiger partial charge in [-0.05, 0) is 43.0 Å². The van der Waals surface area contributed by atoms with E-state index in [1.54, 1.807) is 31.2 Å². The first-order valence-corrected chi connectivity index (χ1v) is 10.7. The molecular weight excluding hydrogens is 440 g/mol. The van der Waals surface area contributed by atoms with Crippen LogP contribution in [-0.4, -0.2) is 37.2 Å². The zero-order valence-electron chi connectivity index (χ0n) is 17.0. The SMILES string of the molecule is Cc1ccc(-c2ccc(/C=C3/SC(=S)N(C(CC(C)C)C(=O)O)C3=O)o2)c([N+](=O)[O-])c1. The van der Waals surface area contributed by atoms with Crippen LogP contribution in [0.4, 0.5) is 5.69 Å². The van der Waals surface area contributed by atoms with Gasteiger partial charge in [-0.1, -0.05) is 43.9 Å². The van der Waals surface area contributed by atoms with Crippen LogP contribution in [0.25, 0.3) is 17.4 Å². The molecule has 1 amide bonds. The maximum absolute atomic E-state index is 12.9. The minimum atomic E-state index is -1.11. The Morgan fingerprint density at radius 3 is 2.68 bits per heavy atom. The minimum absolute atomic E-state index is 0.0626. The number of carbonyl (C=O) groups excluding carboxylic acids is 1. The average molecular weight is 461 g/mol. The van der Waals surface area contributed by atoms with E-state index < -0.39 is 22.8 Å². The van der Waals surface area contributed by atoms with Gasteiger partial charge >= 0.3 is 5.97 Å².